The molecular formula is C24H30N4O. The molecule has 152 valence electrons. The molecule has 2 aromatic rings. The smallest absolute Gasteiger partial charge is 0.137 e. The summed E-state index contributed by atoms with van der Waals surface area (Å²) < 4.78 is 6.12. The molecule has 0 aliphatic carbocycles. The monoisotopic (exact) mass is 390 g/mol. The summed E-state index contributed by atoms with van der Waals surface area (Å²) in [6.07, 6.45) is 5.63. The zero-order chi connectivity index (χ0) is 21.2. The summed E-state index contributed by atoms with van der Waals surface area (Å²) in [4.78, 5) is 9.17. The van der Waals surface area contributed by atoms with Crippen LogP contribution in [0.25, 0.3) is 11.3 Å². The Morgan fingerprint density at radius 1 is 1.31 bits per heavy atom. The molecule has 2 rings (SSSR count). The van der Waals surface area contributed by atoms with Crippen LogP contribution in [0.1, 0.15) is 51.7 Å². The number of aromatic nitrogens is 1. The molecule has 5 nitrogen and oxygen atoms in total. The Bertz CT molecular complexity index is 905. The van der Waals surface area contributed by atoms with Gasteiger partial charge in [-0.2, -0.15) is 5.26 Å². The lowest BCUT2D eigenvalue weighted by Crippen LogP contribution is -2.02. The van der Waals surface area contributed by atoms with Crippen molar-refractivity contribution in [2.24, 2.45) is 16.6 Å². The van der Waals surface area contributed by atoms with Gasteiger partial charge in [0.1, 0.15) is 11.5 Å². The van der Waals surface area contributed by atoms with Gasteiger partial charge in [0.2, 0.25) is 0 Å². The number of hydrogen-bond donors (Lipinski definition) is 1. The van der Waals surface area contributed by atoms with Crippen molar-refractivity contribution in [3.05, 3.63) is 59.5 Å². The second kappa shape index (κ2) is 11.1. The number of nitriles is 1. The Balaban J connectivity index is 2.30. The van der Waals surface area contributed by atoms with Crippen LogP contribution in [0.2, 0.25) is 0 Å². The van der Waals surface area contributed by atoms with Crippen molar-refractivity contribution in [2.75, 3.05) is 6.54 Å². The number of pyridine rings is 1. The molecule has 0 bridgehead atoms. The highest BCUT2D eigenvalue weighted by atomic mass is 16.5. The van der Waals surface area contributed by atoms with E-state index < -0.39 is 0 Å². The maximum absolute atomic E-state index is 9.28. The Morgan fingerprint density at radius 3 is 2.69 bits per heavy atom. The maximum Gasteiger partial charge on any atom is 0.137 e. The van der Waals surface area contributed by atoms with E-state index in [4.69, 9.17) is 10.5 Å². The molecule has 0 spiro atoms. The topological polar surface area (TPSA) is 84.3 Å². The number of ether oxygens (including phenoxy) is 1. The molecule has 0 radical (unpaired) electrons. The average molecular weight is 391 g/mol. The highest BCUT2D eigenvalue weighted by Gasteiger charge is 2.11. The lowest BCUT2D eigenvalue weighted by molar-refractivity contribution is 0.430. The molecule has 0 unspecified atom stereocenters. The van der Waals surface area contributed by atoms with Gasteiger partial charge in [0, 0.05) is 30.6 Å². The van der Waals surface area contributed by atoms with Crippen molar-refractivity contribution in [3.63, 3.8) is 0 Å². The minimum Gasteiger partial charge on any atom is -0.461 e. The predicted octanol–water partition coefficient (Wildman–Crippen LogP) is 5.26. The van der Waals surface area contributed by atoms with Gasteiger partial charge in [-0.05, 0) is 61.6 Å². The van der Waals surface area contributed by atoms with Crippen LogP contribution < -0.4 is 10.5 Å². The van der Waals surface area contributed by atoms with Crippen LogP contribution in [0.15, 0.2) is 53.4 Å². The first-order valence-corrected chi connectivity index (χ1v) is 10.1. The molecule has 0 aliphatic heterocycles. The number of nitrogens with zero attached hydrogens (tertiary/aromatic N) is 3. The summed E-state index contributed by atoms with van der Waals surface area (Å²) in [5.74, 6) is 1.96. The normalized spacial score (nSPS) is 12.2. The van der Waals surface area contributed by atoms with Crippen molar-refractivity contribution in [2.45, 2.75) is 47.1 Å². The van der Waals surface area contributed by atoms with Crippen molar-refractivity contribution in [1.29, 1.82) is 5.26 Å². The van der Waals surface area contributed by atoms with Crippen LogP contribution in [0.5, 0.6) is 5.75 Å². The standard InChI is InChI=1S/C24H30N4O/c1-5-21(27-11-10-17(2)3)12-18(4)29-24-13-19(14-25)6-8-22(24)23-9-7-20(15-26)16-28-23/h6-9,12-13,16-17H,5,10-11,15,26H2,1-4H3/b18-12+,27-21?. The Labute approximate surface area is 174 Å². The number of allylic oxidation sites excluding steroid dienone is 2. The fraction of sp³-hybridized carbons (Fsp3) is 0.375. The van der Waals surface area contributed by atoms with Crippen molar-refractivity contribution in [1.82, 2.24) is 4.98 Å². The summed E-state index contributed by atoms with van der Waals surface area (Å²) >= 11 is 0. The molecule has 1 aromatic carbocycles. The lowest BCUT2D eigenvalue weighted by atomic mass is 10.1. The molecule has 0 saturated heterocycles. The fourth-order valence-electron chi connectivity index (χ4n) is 2.76. The molecule has 1 heterocycles. The van der Waals surface area contributed by atoms with E-state index in [-0.39, 0.29) is 0 Å². The van der Waals surface area contributed by atoms with Crippen LogP contribution in [-0.2, 0) is 6.54 Å². The van der Waals surface area contributed by atoms with Gasteiger partial charge >= 0.3 is 0 Å². The summed E-state index contributed by atoms with van der Waals surface area (Å²) in [7, 11) is 0. The number of rotatable bonds is 9. The third-order valence-electron chi connectivity index (χ3n) is 4.47. The van der Waals surface area contributed by atoms with Gasteiger partial charge in [-0.1, -0.05) is 26.8 Å². The van der Waals surface area contributed by atoms with Crippen LogP contribution in [0, 0.1) is 17.2 Å². The van der Waals surface area contributed by atoms with Gasteiger partial charge in [0.05, 0.1) is 17.3 Å². The van der Waals surface area contributed by atoms with Crippen LogP contribution >= 0.6 is 0 Å². The van der Waals surface area contributed by atoms with E-state index in [1.54, 1.807) is 18.3 Å². The first kappa shape index (κ1) is 22.3. The SMILES string of the molecule is CCC(/C=C(\C)Oc1cc(C#N)ccc1-c1ccc(CN)cn1)=NCCC(C)C. The van der Waals surface area contributed by atoms with Gasteiger partial charge in [0.15, 0.2) is 0 Å². The minimum absolute atomic E-state index is 0.446. The zero-order valence-electron chi connectivity index (χ0n) is 17.8. The Kier molecular flexibility index (Phi) is 8.57. The Morgan fingerprint density at radius 2 is 2.10 bits per heavy atom. The van der Waals surface area contributed by atoms with Gasteiger partial charge in [-0.25, -0.2) is 0 Å². The molecule has 0 saturated carbocycles. The summed E-state index contributed by atoms with van der Waals surface area (Å²) in [6, 6.07) is 11.4. The molecule has 0 fully saturated rings. The summed E-state index contributed by atoms with van der Waals surface area (Å²) in [5.41, 5.74) is 9.77. The van der Waals surface area contributed by atoms with Crippen LogP contribution in [0.3, 0.4) is 0 Å². The van der Waals surface area contributed by atoms with E-state index >= 15 is 0 Å². The van der Waals surface area contributed by atoms with Gasteiger partial charge in [-0.3, -0.25) is 9.98 Å². The van der Waals surface area contributed by atoms with E-state index in [1.165, 1.54) is 0 Å². The summed E-state index contributed by atoms with van der Waals surface area (Å²) in [5, 5.41) is 9.28. The quantitative estimate of drug-likeness (QED) is 0.467. The molecule has 0 aliphatic rings. The molecule has 0 amide bonds. The zero-order valence-corrected chi connectivity index (χ0v) is 17.8. The van der Waals surface area contributed by atoms with Crippen molar-refractivity contribution >= 4 is 5.71 Å². The molecule has 1 aromatic heterocycles. The summed E-state index contributed by atoms with van der Waals surface area (Å²) in [6.45, 7) is 9.65. The molecule has 5 heteroatoms. The van der Waals surface area contributed by atoms with Crippen molar-refractivity contribution in [3.8, 4) is 23.1 Å². The number of benzene rings is 1. The molecular weight excluding hydrogens is 360 g/mol. The second-order valence-electron chi connectivity index (χ2n) is 7.34. The Hall–Kier alpha value is -2.97. The van der Waals surface area contributed by atoms with E-state index in [0.29, 0.717) is 23.8 Å². The van der Waals surface area contributed by atoms with Crippen molar-refractivity contribution < 1.29 is 4.74 Å². The molecule has 0 atom stereocenters. The average Bonchev–Trinajstić information content (AvgIpc) is 2.72. The van der Waals surface area contributed by atoms with Crippen LogP contribution in [0.4, 0.5) is 0 Å². The van der Waals surface area contributed by atoms with E-state index in [1.807, 2.05) is 31.2 Å². The highest BCUT2D eigenvalue weighted by molar-refractivity contribution is 5.95. The number of hydrogen-bond acceptors (Lipinski definition) is 5. The number of nitrogens with two attached hydrogens (primary N) is 1. The van der Waals surface area contributed by atoms with Gasteiger partial charge < -0.3 is 10.5 Å². The van der Waals surface area contributed by atoms with Gasteiger partial charge in [-0.15, -0.1) is 0 Å². The first-order valence-electron chi connectivity index (χ1n) is 10.1. The fourth-order valence-corrected chi connectivity index (χ4v) is 2.76. The largest absolute Gasteiger partial charge is 0.461 e. The third kappa shape index (κ3) is 6.85. The molecule has 2 N–H and O–H groups in total. The third-order valence-corrected chi connectivity index (χ3v) is 4.47. The van der Waals surface area contributed by atoms with E-state index in [9.17, 15) is 5.26 Å². The number of aliphatic imine (C=N–C) groups is 1. The van der Waals surface area contributed by atoms with E-state index in [0.717, 1.165) is 47.7 Å². The minimum atomic E-state index is 0.446. The first-order chi connectivity index (χ1) is 14.0. The predicted molar refractivity (Wildman–Crippen MR) is 119 cm³/mol. The molecule has 29 heavy (non-hydrogen) atoms. The van der Waals surface area contributed by atoms with E-state index in [2.05, 4.69) is 36.8 Å². The maximum atomic E-state index is 9.28. The second-order valence-corrected chi connectivity index (χ2v) is 7.34. The van der Waals surface area contributed by atoms with Gasteiger partial charge in [0.25, 0.3) is 0 Å². The highest BCUT2D eigenvalue weighted by Crippen LogP contribution is 2.31. The van der Waals surface area contributed by atoms with Crippen LogP contribution in [-0.4, -0.2) is 17.2 Å². The lowest BCUT2D eigenvalue weighted by Gasteiger charge is -2.12.